The Bertz CT molecular complexity index is 564. The predicted octanol–water partition coefficient (Wildman–Crippen LogP) is 3.20. The van der Waals surface area contributed by atoms with Crippen LogP contribution in [0.5, 0.6) is 11.8 Å². The molecule has 2 aromatic rings. The summed E-state index contributed by atoms with van der Waals surface area (Å²) in [7, 11) is 0. The molecule has 106 valence electrons. The van der Waals surface area contributed by atoms with Crippen molar-refractivity contribution >= 4 is 0 Å². The van der Waals surface area contributed by atoms with Gasteiger partial charge in [0.15, 0.2) is 0 Å². The van der Waals surface area contributed by atoms with Gasteiger partial charge in [0.2, 0.25) is 0 Å². The van der Waals surface area contributed by atoms with E-state index in [4.69, 9.17) is 10.5 Å². The lowest BCUT2D eigenvalue weighted by atomic mass is 10.0. The van der Waals surface area contributed by atoms with Crippen molar-refractivity contribution in [3.8, 4) is 11.8 Å². The first-order valence-electron chi connectivity index (χ1n) is 6.89. The van der Waals surface area contributed by atoms with E-state index in [0.29, 0.717) is 18.5 Å². The molecule has 0 aliphatic rings. The highest BCUT2D eigenvalue weighted by atomic mass is 16.5. The third-order valence-corrected chi connectivity index (χ3v) is 3.19. The number of hydrogen-bond acceptors (Lipinski definition) is 4. The largest absolute Gasteiger partial charge is 0.424 e. The second kappa shape index (κ2) is 6.48. The molecule has 0 bridgehead atoms. The molecule has 0 atom stereocenters. The number of aromatic nitrogens is 2. The van der Waals surface area contributed by atoms with E-state index < -0.39 is 0 Å². The highest BCUT2D eigenvalue weighted by molar-refractivity contribution is 5.39. The lowest BCUT2D eigenvalue weighted by molar-refractivity contribution is 0.437. The van der Waals surface area contributed by atoms with Crippen molar-refractivity contribution in [3.63, 3.8) is 0 Å². The van der Waals surface area contributed by atoms with Gasteiger partial charge in [-0.15, -0.1) is 0 Å². The number of nitrogens with zero attached hydrogens (tertiary/aromatic N) is 2. The Labute approximate surface area is 120 Å². The molecule has 0 radical (unpaired) electrons. The summed E-state index contributed by atoms with van der Waals surface area (Å²) < 4.78 is 5.78. The van der Waals surface area contributed by atoms with Crippen molar-refractivity contribution in [2.24, 2.45) is 5.73 Å². The molecule has 0 aliphatic carbocycles. The molecule has 0 saturated carbocycles. The third kappa shape index (κ3) is 3.54. The maximum absolute atomic E-state index is 5.78. The predicted molar refractivity (Wildman–Crippen MR) is 80.1 cm³/mol. The van der Waals surface area contributed by atoms with Crippen molar-refractivity contribution in [1.82, 2.24) is 9.97 Å². The van der Waals surface area contributed by atoms with Crippen molar-refractivity contribution in [2.75, 3.05) is 6.54 Å². The number of benzene rings is 1. The van der Waals surface area contributed by atoms with E-state index in [0.717, 1.165) is 23.3 Å². The molecule has 2 rings (SSSR count). The van der Waals surface area contributed by atoms with Crippen LogP contribution in [0.15, 0.2) is 30.6 Å². The summed E-state index contributed by atoms with van der Waals surface area (Å²) in [6.07, 6.45) is 4.30. The summed E-state index contributed by atoms with van der Waals surface area (Å²) in [6, 6.07) is 6.61. The average molecular weight is 271 g/mol. The number of ether oxygens (including phenoxy) is 1. The van der Waals surface area contributed by atoms with Crippen LogP contribution >= 0.6 is 0 Å². The third-order valence-electron chi connectivity index (χ3n) is 3.19. The van der Waals surface area contributed by atoms with Gasteiger partial charge in [-0.05, 0) is 48.6 Å². The normalized spacial score (nSPS) is 10.8. The van der Waals surface area contributed by atoms with Crippen LogP contribution in [0.4, 0.5) is 0 Å². The van der Waals surface area contributed by atoms with Gasteiger partial charge in [-0.2, -0.15) is 0 Å². The van der Waals surface area contributed by atoms with E-state index >= 15 is 0 Å². The standard InChI is InChI=1S/C16H21N3O/c1-11(2)14-5-4-12(3)15(8-14)20-16-18-9-13(6-7-17)10-19-16/h4-5,8-11H,6-7,17H2,1-3H3. The van der Waals surface area contributed by atoms with Gasteiger partial charge in [0, 0.05) is 12.4 Å². The van der Waals surface area contributed by atoms with Crippen molar-refractivity contribution in [1.29, 1.82) is 0 Å². The number of rotatable bonds is 5. The van der Waals surface area contributed by atoms with Gasteiger partial charge in [0.1, 0.15) is 5.75 Å². The average Bonchev–Trinajstić information content (AvgIpc) is 2.43. The fourth-order valence-electron chi connectivity index (χ4n) is 1.88. The van der Waals surface area contributed by atoms with Gasteiger partial charge < -0.3 is 10.5 Å². The molecule has 1 heterocycles. The summed E-state index contributed by atoms with van der Waals surface area (Å²) >= 11 is 0. The minimum Gasteiger partial charge on any atom is -0.424 e. The Balaban J connectivity index is 2.18. The smallest absolute Gasteiger partial charge is 0.321 e. The van der Waals surface area contributed by atoms with E-state index in [9.17, 15) is 0 Å². The first kappa shape index (κ1) is 14.5. The summed E-state index contributed by atoms with van der Waals surface area (Å²) in [5.74, 6) is 1.27. The minimum atomic E-state index is 0.370. The second-order valence-electron chi connectivity index (χ2n) is 5.19. The zero-order valence-electron chi connectivity index (χ0n) is 12.3. The fraction of sp³-hybridized carbons (Fsp3) is 0.375. The molecule has 1 aromatic heterocycles. The Morgan fingerprint density at radius 1 is 1.20 bits per heavy atom. The fourth-order valence-corrected chi connectivity index (χ4v) is 1.88. The molecule has 0 saturated heterocycles. The highest BCUT2D eigenvalue weighted by Gasteiger charge is 2.07. The van der Waals surface area contributed by atoms with Gasteiger partial charge in [-0.1, -0.05) is 26.0 Å². The molecule has 0 spiro atoms. The van der Waals surface area contributed by atoms with Crippen LogP contribution in [-0.4, -0.2) is 16.5 Å². The van der Waals surface area contributed by atoms with Crippen molar-refractivity contribution in [2.45, 2.75) is 33.1 Å². The SMILES string of the molecule is Cc1ccc(C(C)C)cc1Oc1ncc(CCN)cn1. The van der Waals surface area contributed by atoms with Gasteiger partial charge in [-0.3, -0.25) is 0 Å². The molecule has 1 aromatic carbocycles. The first-order valence-corrected chi connectivity index (χ1v) is 6.89. The van der Waals surface area contributed by atoms with E-state index in [1.807, 2.05) is 6.92 Å². The maximum Gasteiger partial charge on any atom is 0.321 e. The van der Waals surface area contributed by atoms with Crippen LogP contribution in [0.3, 0.4) is 0 Å². The second-order valence-corrected chi connectivity index (χ2v) is 5.19. The molecule has 4 heteroatoms. The van der Waals surface area contributed by atoms with Gasteiger partial charge in [0.05, 0.1) is 0 Å². The zero-order valence-corrected chi connectivity index (χ0v) is 12.3. The Morgan fingerprint density at radius 3 is 2.50 bits per heavy atom. The minimum absolute atomic E-state index is 0.370. The number of hydrogen-bond donors (Lipinski definition) is 1. The zero-order chi connectivity index (χ0) is 14.5. The van der Waals surface area contributed by atoms with Crippen LogP contribution in [-0.2, 0) is 6.42 Å². The molecule has 20 heavy (non-hydrogen) atoms. The van der Waals surface area contributed by atoms with Crippen LogP contribution < -0.4 is 10.5 Å². The Morgan fingerprint density at radius 2 is 1.90 bits per heavy atom. The van der Waals surface area contributed by atoms with Crippen molar-refractivity contribution in [3.05, 3.63) is 47.3 Å². The Kier molecular flexibility index (Phi) is 4.69. The van der Waals surface area contributed by atoms with E-state index in [1.54, 1.807) is 12.4 Å². The first-order chi connectivity index (χ1) is 9.60. The highest BCUT2D eigenvalue weighted by Crippen LogP contribution is 2.27. The van der Waals surface area contributed by atoms with E-state index in [-0.39, 0.29) is 0 Å². The van der Waals surface area contributed by atoms with Crippen LogP contribution in [0.1, 0.15) is 36.5 Å². The maximum atomic E-state index is 5.78. The molecule has 4 nitrogen and oxygen atoms in total. The van der Waals surface area contributed by atoms with Gasteiger partial charge in [-0.25, -0.2) is 9.97 Å². The molecular weight excluding hydrogens is 250 g/mol. The van der Waals surface area contributed by atoms with Gasteiger partial charge in [0.25, 0.3) is 0 Å². The summed E-state index contributed by atoms with van der Waals surface area (Å²) in [5, 5.41) is 0. The van der Waals surface area contributed by atoms with Crippen LogP contribution in [0.25, 0.3) is 0 Å². The topological polar surface area (TPSA) is 61.0 Å². The van der Waals surface area contributed by atoms with E-state index in [1.165, 1.54) is 5.56 Å². The molecule has 0 fully saturated rings. The van der Waals surface area contributed by atoms with E-state index in [2.05, 4.69) is 42.0 Å². The summed E-state index contributed by atoms with van der Waals surface area (Å²) in [5.41, 5.74) is 8.84. The molecular formula is C16H21N3O. The van der Waals surface area contributed by atoms with Crippen LogP contribution in [0.2, 0.25) is 0 Å². The summed E-state index contributed by atoms with van der Waals surface area (Å²) in [6.45, 7) is 6.93. The lowest BCUT2D eigenvalue weighted by Crippen LogP contribution is -2.04. The quantitative estimate of drug-likeness (QED) is 0.907. The number of aryl methyl sites for hydroxylation is 1. The molecule has 0 amide bonds. The summed E-state index contributed by atoms with van der Waals surface area (Å²) in [4.78, 5) is 8.44. The monoisotopic (exact) mass is 271 g/mol. The van der Waals surface area contributed by atoms with Crippen LogP contribution in [0, 0.1) is 6.92 Å². The number of nitrogens with two attached hydrogens (primary N) is 1. The van der Waals surface area contributed by atoms with Gasteiger partial charge >= 0.3 is 6.01 Å². The Hall–Kier alpha value is -1.94. The lowest BCUT2D eigenvalue weighted by Gasteiger charge is -2.11. The molecule has 0 unspecified atom stereocenters. The molecule has 2 N–H and O–H groups in total. The van der Waals surface area contributed by atoms with Crippen molar-refractivity contribution < 1.29 is 4.74 Å². The molecule has 0 aliphatic heterocycles.